The first-order valence-electron chi connectivity index (χ1n) is 8.07. The first kappa shape index (κ1) is 17.6. The third kappa shape index (κ3) is 3.43. The van der Waals surface area contributed by atoms with Gasteiger partial charge in [-0.3, -0.25) is 10.1 Å². The van der Waals surface area contributed by atoms with Crippen LogP contribution in [0.2, 0.25) is 5.02 Å². The molecule has 27 heavy (non-hydrogen) atoms. The number of hydrogen-bond donors (Lipinski definition) is 1. The summed E-state index contributed by atoms with van der Waals surface area (Å²) in [4.78, 5) is 18.1. The van der Waals surface area contributed by atoms with Crippen LogP contribution in [-0.2, 0) is 0 Å². The molecule has 0 radical (unpaired) electrons. The molecule has 0 spiro atoms. The average molecular weight is 403 g/mol. The molecule has 0 saturated carbocycles. The van der Waals surface area contributed by atoms with E-state index >= 15 is 0 Å². The Hall–Kier alpha value is -2.77. The van der Waals surface area contributed by atoms with Gasteiger partial charge in [-0.15, -0.1) is 11.3 Å². The van der Waals surface area contributed by atoms with Crippen LogP contribution in [-0.4, -0.2) is 24.8 Å². The van der Waals surface area contributed by atoms with Crippen molar-refractivity contribution in [1.29, 1.82) is 0 Å². The number of methoxy groups -OCH3 is 1. The summed E-state index contributed by atoms with van der Waals surface area (Å²) in [5.74, 6) is 1.38. The van der Waals surface area contributed by atoms with Crippen molar-refractivity contribution in [3.05, 3.63) is 51.9 Å². The second-order valence-corrected chi connectivity index (χ2v) is 7.41. The number of aromatic nitrogens is 1. The zero-order valence-corrected chi connectivity index (χ0v) is 16.1. The lowest BCUT2D eigenvalue weighted by atomic mass is 10.1. The lowest BCUT2D eigenvalue weighted by Gasteiger charge is -2.05. The standard InChI is InChI=1S/C19H15ClN2O4S/c1-10-16(11-3-5-13(24-2)6-4-11)21-19(27-10)22-18(23)12-7-14(20)17-15(8-12)25-9-26-17/h3-8H,9H2,1-2H3,(H,21,22,23). The van der Waals surface area contributed by atoms with E-state index in [1.807, 2.05) is 31.2 Å². The number of carbonyl (C=O) groups excluding carboxylic acids is 1. The molecule has 4 rings (SSSR count). The number of nitrogens with zero attached hydrogens (tertiary/aromatic N) is 1. The van der Waals surface area contributed by atoms with Gasteiger partial charge in [-0.1, -0.05) is 11.6 Å². The van der Waals surface area contributed by atoms with Crippen LogP contribution in [0.15, 0.2) is 36.4 Å². The third-order valence-electron chi connectivity index (χ3n) is 4.07. The molecule has 0 saturated heterocycles. The van der Waals surface area contributed by atoms with Gasteiger partial charge in [-0.05, 0) is 43.3 Å². The predicted octanol–water partition coefficient (Wildman–Crippen LogP) is 4.76. The van der Waals surface area contributed by atoms with E-state index in [0.717, 1.165) is 21.9 Å². The molecular weight excluding hydrogens is 388 g/mol. The smallest absolute Gasteiger partial charge is 0.257 e. The molecule has 2 heterocycles. The van der Waals surface area contributed by atoms with Crippen LogP contribution in [0.4, 0.5) is 5.13 Å². The highest BCUT2D eigenvalue weighted by molar-refractivity contribution is 7.16. The first-order valence-corrected chi connectivity index (χ1v) is 9.27. The molecule has 0 fully saturated rings. The van der Waals surface area contributed by atoms with Crippen LogP contribution < -0.4 is 19.5 Å². The van der Waals surface area contributed by atoms with Gasteiger partial charge >= 0.3 is 0 Å². The zero-order chi connectivity index (χ0) is 19.0. The molecule has 0 atom stereocenters. The topological polar surface area (TPSA) is 69.7 Å². The molecule has 1 aromatic heterocycles. The van der Waals surface area contributed by atoms with E-state index in [4.69, 9.17) is 25.8 Å². The summed E-state index contributed by atoms with van der Waals surface area (Å²) in [6.07, 6.45) is 0. The van der Waals surface area contributed by atoms with Crippen molar-refractivity contribution >= 4 is 34.0 Å². The molecule has 2 aromatic carbocycles. The molecule has 3 aromatic rings. The lowest BCUT2D eigenvalue weighted by Crippen LogP contribution is -2.11. The predicted molar refractivity (Wildman–Crippen MR) is 104 cm³/mol. The number of aryl methyl sites for hydroxylation is 1. The van der Waals surface area contributed by atoms with Crippen molar-refractivity contribution in [3.63, 3.8) is 0 Å². The highest BCUT2D eigenvalue weighted by atomic mass is 35.5. The largest absolute Gasteiger partial charge is 0.497 e. The Morgan fingerprint density at radius 3 is 2.78 bits per heavy atom. The average Bonchev–Trinajstić information content (AvgIpc) is 3.28. The van der Waals surface area contributed by atoms with E-state index in [0.29, 0.717) is 27.2 Å². The van der Waals surface area contributed by atoms with Gasteiger partial charge in [0, 0.05) is 16.0 Å². The van der Waals surface area contributed by atoms with Gasteiger partial charge in [-0.2, -0.15) is 0 Å². The maximum absolute atomic E-state index is 12.6. The number of nitrogens with one attached hydrogen (secondary N) is 1. The number of anilines is 1. The Morgan fingerprint density at radius 1 is 1.26 bits per heavy atom. The zero-order valence-electron chi connectivity index (χ0n) is 14.5. The SMILES string of the molecule is COc1ccc(-c2nc(NC(=O)c3cc(Cl)c4c(c3)OCO4)sc2C)cc1. The Morgan fingerprint density at radius 2 is 2.04 bits per heavy atom. The second kappa shape index (κ2) is 7.09. The molecule has 1 amide bonds. The number of amides is 1. The minimum absolute atomic E-state index is 0.0943. The molecule has 1 aliphatic rings. The quantitative estimate of drug-likeness (QED) is 0.681. The van der Waals surface area contributed by atoms with E-state index in [1.165, 1.54) is 11.3 Å². The maximum atomic E-state index is 12.6. The summed E-state index contributed by atoms with van der Waals surface area (Å²) in [6.45, 7) is 2.06. The highest BCUT2D eigenvalue weighted by Gasteiger charge is 2.21. The fourth-order valence-corrected chi connectivity index (χ4v) is 3.83. The second-order valence-electron chi connectivity index (χ2n) is 5.80. The number of hydrogen-bond acceptors (Lipinski definition) is 6. The van der Waals surface area contributed by atoms with Gasteiger partial charge in [0.2, 0.25) is 6.79 Å². The van der Waals surface area contributed by atoms with E-state index in [2.05, 4.69) is 10.3 Å². The number of rotatable bonds is 4. The molecule has 138 valence electrons. The Balaban J connectivity index is 1.56. The summed E-state index contributed by atoms with van der Waals surface area (Å²) < 4.78 is 15.8. The number of fused-ring (bicyclic) bond motifs is 1. The minimum atomic E-state index is -0.315. The molecule has 0 unspecified atom stereocenters. The molecule has 1 N–H and O–H groups in total. The van der Waals surface area contributed by atoms with Crippen molar-refractivity contribution in [2.75, 3.05) is 19.2 Å². The number of ether oxygens (including phenoxy) is 3. The van der Waals surface area contributed by atoms with Gasteiger partial charge in [0.1, 0.15) is 5.75 Å². The Labute approximate surface area is 164 Å². The number of thiazole rings is 1. The summed E-state index contributed by atoms with van der Waals surface area (Å²) in [5, 5.41) is 3.67. The number of carbonyl (C=O) groups is 1. The van der Waals surface area contributed by atoms with Crippen LogP contribution in [0, 0.1) is 6.92 Å². The number of benzene rings is 2. The van der Waals surface area contributed by atoms with Crippen LogP contribution in [0.1, 0.15) is 15.2 Å². The van der Waals surface area contributed by atoms with Crippen LogP contribution in [0.3, 0.4) is 0 Å². The van der Waals surface area contributed by atoms with E-state index in [-0.39, 0.29) is 12.7 Å². The van der Waals surface area contributed by atoms with E-state index in [9.17, 15) is 4.79 Å². The van der Waals surface area contributed by atoms with Crippen molar-refractivity contribution in [1.82, 2.24) is 4.98 Å². The summed E-state index contributed by atoms with van der Waals surface area (Å²) in [6, 6.07) is 10.8. The Bertz CT molecular complexity index is 1020. The van der Waals surface area contributed by atoms with Gasteiger partial charge in [0.25, 0.3) is 5.91 Å². The van der Waals surface area contributed by atoms with E-state index < -0.39 is 0 Å². The van der Waals surface area contributed by atoms with E-state index in [1.54, 1.807) is 19.2 Å². The van der Waals surface area contributed by atoms with Gasteiger partial charge in [0.05, 0.1) is 17.8 Å². The van der Waals surface area contributed by atoms with Crippen LogP contribution in [0.25, 0.3) is 11.3 Å². The van der Waals surface area contributed by atoms with Crippen LogP contribution in [0.5, 0.6) is 17.2 Å². The molecule has 6 nitrogen and oxygen atoms in total. The van der Waals surface area contributed by atoms with Crippen molar-refractivity contribution in [2.24, 2.45) is 0 Å². The van der Waals surface area contributed by atoms with Gasteiger partial charge in [-0.25, -0.2) is 4.98 Å². The summed E-state index contributed by atoms with van der Waals surface area (Å²) >= 11 is 7.56. The van der Waals surface area contributed by atoms with Gasteiger partial charge in [0.15, 0.2) is 16.6 Å². The first-order chi connectivity index (χ1) is 13.0. The fraction of sp³-hybridized carbons (Fsp3) is 0.158. The van der Waals surface area contributed by atoms with Crippen molar-refractivity contribution < 1.29 is 19.0 Å². The van der Waals surface area contributed by atoms with Crippen molar-refractivity contribution in [2.45, 2.75) is 6.92 Å². The maximum Gasteiger partial charge on any atom is 0.257 e. The van der Waals surface area contributed by atoms with Crippen LogP contribution >= 0.6 is 22.9 Å². The fourth-order valence-electron chi connectivity index (χ4n) is 2.73. The summed E-state index contributed by atoms with van der Waals surface area (Å²) in [5.41, 5.74) is 2.15. The molecular formula is C19H15ClN2O4S. The third-order valence-corrected chi connectivity index (χ3v) is 5.24. The molecule has 0 bridgehead atoms. The number of halogens is 1. The lowest BCUT2D eigenvalue weighted by molar-refractivity contribution is 0.102. The normalized spacial score (nSPS) is 12.1. The Kier molecular flexibility index (Phi) is 4.63. The molecule has 0 aliphatic carbocycles. The molecule has 8 heteroatoms. The summed E-state index contributed by atoms with van der Waals surface area (Å²) in [7, 11) is 1.62. The minimum Gasteiger partial charge on any atom is -0.497 e. The van der Waals surface area contributed by atoms with Crippen molar-refractivity contribution in [3.8, 4) is 28.5 Å². The van der Waals surface area contributed by atoms with Gasteiger partial charge < -0.3 is 14.2 Å². The molecule has 1 aliphatic heterocycles. The monoisotopic (exact) mass is 402 g/mol. The highest BCUT2D eigenvalue weighted by Crippen LogP contribution is 2.40.